The number of anilines is 1. The normalized spacial score (nSPS) is 14.5. The molecule has 1 fully saturated rings. The summed E-state index contributed by atoms with van der Waals surface area (Å²) in [6.07, 6.45) is 5.14. The van der Waals surface area contributed by atoms with Gasteiger partial charge >= 0.3 is 0 Å². The number of nitrogens with one attached hydrogen (secondary N) is 1. The van der Waals surface area contributed by atoms with Crippen LogP contribution in [0.1, 0.15) is 47.8 Å². The van der Waals surface area contributed by atoms with Gasteiger partial charge in [-0.3, -0.25) is 4.68 Å². The Labute approximate surface area is 141 Å². The van der Waals surface area contributed by atoms with Gasteiger partial charge in [0.15, 0.2) is 0 Å². The number of nitrogens with zero attached hydrogens (tertiary/aromatic N) is 6. The molecule has 7 nitrogen and oxygen atoms in total. The van der Waals surface area contributed by atoms with Gasteiger partial charge in [0.1, 0.15) is 6.33 Å². The van der Waals surface area contributed by atoms with Gasteiger partial charge in [0.05, 0.1) is 17.1 Å². The van der Waals surface area contributed by atoms with Crippen molar-refractivity contribution in [3.05, 3.63) is 35.0 Å². The minimum absolute atomic E-state index is 0.607. The van der Waals surface area contributed by atoms with Crippen molar-refractivity contribution in [3.63, 3.8) is 0 Å². The van der Waals surface area contributed by atoms with Crippen LogP contribution in [0.4, 0.5) is 5.69 Å². The quantitative estimate of drug-likeness (QED) is 0.705. The van der Waals surface area contributed by atoms with E-state index < -0.39 is 0 Å². The summed E-state index contributed by atoms with van der Waals surface area (Å²) in [6.45, 7) is 8.11. The largest absolute Gasteiger partial charge is 0.382 e. The molecule has 0 amide bonds. The van der Waals surface area contributed by atoms with Crippen LogP contribution >= 0.6 is 0 Å². The maximum atomic E-state index is 4.60. The van der Waals surface area contributed by atoms with Gasteiger partial charge < -0.3 is 5.32 Å². The van der Waals surface area contributed by atoms with E-state index in [0.29, 0.717) is 5.92 Å². The van der Waals surface area contributed by atoms with Crippen molar-refractivity contribution in [2.75, 3.05) is 11.9 Å². The third-order valence-electron chi connectivity index (χ3n) is 4.89. The Kier molecular flexibility index (Phi) is 3.70. The fourth-order valence-electron chi connectivity index (χ4n) is 3.01. The Balaban J connectivity index is 1.43. The lowest BCUT2D eigenvalue weighted by Gasteiger charge is -2.10. The van der Waals surface area contributed by atoms with Crippen molar-refractivity contribution in [2.24, 2.45) is 0 Å². The second-order valence-electron chi connectivity index (χ2n) is 6.66. The zero-order valence-corrected chi connectivity index (χ0v) is 14.5. The maximum absolute atomic E-state index is 4.60. The fraction of sp³-hybridized carbons (Fsp3) is 0.529. The van der Waals surface area contributed by atoms with E-state index in [9.17, 15) is 0 Å². The Morgan fingerprint density at radius 3 is 2.75 bits per heavy atom. The van der Waals surface area contributed by atoms with E-state index in [1.165, 1.54) is 24.1 Å². The zero-order valence-electron chi connectivity index (χ0n) is 14.5. The van der Waals surface area contributed by atoms with Crippen molar-refractivity contribution in [3.8, 4) is 0 Å². The van der Waals surface area contributed by atoms with Gasteiger partial charge in [-0.15, -0.1) is 10.2 Å². The molecule has 4 rings (SSSR count). The average Bonchev–Trinajstić information content (AvgIpc) is 3.27. The summed E-state index contributed by atoms with van der Waals surface area (Å²) in [7, 11) is 0. The maximum Gasteiger partial charge on any atom is 0.200 e. The van der Waals surface area contributed by atoms with Crippen LogP contribution in [-0.4, -0.2) is 36.1 Å². The predicted molar refractivity (Wildman–Crippen MR) is 92.3 cm³/mol. The summed E-state index contributed by atoms with van der Waals surface area (Å²) in [6, 6.07) is 2.13. The molecule has 1 aliphatic rings. The van der Waals surface area contributed by atoms with E-state index in [2.05, 4.69) is 57.2 Å². The summed E-state index contributed by atoms with van der Waals surface area (Å²) in [5, 5.41) is 20.8. The van der Waals surface area contributed by atoms with Gasteiger partial charge in [0.25, 0.3) is 0 Å². The molecule has 0 radical (unpaired) electrons. The van der Waals surface area contributed by atoms with Gasteiger partial charge in [-0.1, -0.05) is 0 Å². The molecule has 1 aliphatic carbocycles. The molecule has 0 spiro atoms. The molecule has 24 heavy (non-hydrogen) atoms. The van der Waals surface area contributed by atoms with Gasteiger partial charge in [0.2, 0.25) is 5.65 Å². The minimum atomic E-state index is 0.607. The third-order valence-corrected chi connectivity index (χ3v) is 4.89. The SMILES string of the molecule is Cc1nn(CCCNc2cc(C3CC3)nn3cnnc23)c(C)c1C. The summed E-state index contributed by atoms with van der Waals surface area (Å²) < 4.78 is 3.88. The molecule has 3 aromatic rings. The second-order valence-corrected chi connectivity index (χ2v) is 6.66. The number of rotatable bonds is 6. The topological polar surface area (TPSA) is 72.9 Å². The fourth-order valence-corrected chi connectivity index (χ4v) is 3.01. The number of aryl methyl sites for hydroxylation is 2. The molecule has 0 aliphatic heterocycles. The second kappa shape index (κ2) is 5.89. The lowest BCUT2D eigenvalue weighted by atomic mass is 10.2. The summed E-state index contributed by atoms with van der Waals surface area (Å²) in [5.74, 6) is 0.607. The molecule has 1 N–H and O–H groups in total. The van der Waals surface area contributed by atoms with Crippen molar-refractivity contribution >= 4 is 11.3 Å². The Hall–Kier alpha value is -2.44. The molecular weight excluding hydrogens is 302 g/mol. The lowest BCUT2D eigenvalue weighted by molar-refractivity contribution is 0.573. The highest BCUT2D eigenvalue weighted by Crippen LogP contribution is 2.39. The first kappa shape index (κ1) is 15.1. The van der Waals surface area contributed by atoms with Crippen LogP contribution < -0.4 is 5.32 Å². The summed E-state index contributed by atoms with van der Waals surface area (Å²) in [5.41, 5.74) is 6.62. The Morgan fingerprint density at radius 2 is 2.04 bits per heavy atom. The van der Waals surface area contributed by atoms with Crippen LogP contribution in [0, 0.1) is 20.8 Å². The molecule has 7 heteroatoms. The standard InChI is InChI=1S/C17H23N7/c1-11-12(2)21-23(13(11)3)8-4-7-18-16-9-15(14-5-6-14)22-24-10-19-20-17(16)24/h9-10,14,18H,4-8H2,1-3H3. The van der Waals surface area contributed by atoms with Crippen LogP contribution in [0.25, 0.3) is 5.65 Å². The minimum Gasteiger partial charge on any atom is -0.382 e. The van der Waals surface area contributed by atoms with E-state index in [-0.39, 0.29) is 0 Å². The van der Waals surface area contributed by atoms with Crippen LogP contribution in [0.5, 0.6) is 0 Å². The van der Waals surface area contributed by atoms with Gasteiger partial charge in [-0.2, -0.15) is 14.7 Å². The van der Waals surface area contributed by atoms with Crippen molar-refractivity contribution in [1.82, 2.24) is 29.6 Å². The Morgan fingerprint density at radius 1 is 1.21 bits per heavy atom. The van der Waals surface area contributed by atoms with Crippen molar-refractivity contribution in [1.29, 1.82) is 0 Å². The number of hydrogen-bond donors (Lipinski definition) is 1. The third kappa shape index (κ3) is 2.74. The molecule has 1 saturated carbocycles. The van der Waals surface area contributed by atoms with Crippen LogP contribution in [0.15, 0.2) is 12.4 Å². The molecule has 0 aromatic carbocycles. The first-order valence-corrected chi connectivity index (χ1v) is 8.59. The van der Waals surface area contributed by atoms with E-state index in [0.717, 1.165) is 42.2 Å². The molecule has 0 bridgehead atoms. The van der Waals surface area contributed by atoms with E-state index in [1.54, 1.807) is 10.8 Å². The van der Waals surface area contributed by atoms with Gasteiger partial charge in [-0.25, -0.2) is 0 Å². The molecule has 3 heterocycles. The molecule has 0 unspecified atom stereocenters. The smallest absolute Gasteiger partial charge is 0.200 e. The number of aromatic nitrogens is 6. The van der Waals surface area contributed by atoms with Gasteiger partial charge in [0, 0.05) is 24.7 Å². The highest BCUT2D eigenvalue weighted by atomic mass is 15.3. The van der Waals surface area contributed by atoms with Crippen LogP contribution in [-0.2, 0) is 6.54 Å². The van der Waals surface area contributed by atoms with E-state index >= 15 is 0 Å². The van der Waals surface area contributed by atoms with E-state index in [1.807, 2.05) is 0 Å². The average molecular weight is 325 g/mol. The number of hydrogen-bond acceptors (Lipinski definition) is 5. The molecule has 0 saturated heterocycles. The zero-order chi connectivity index (χ0) is 16.7. The highest BCUT2D eigenvalue weighted by Gasteiger charge is 2.26. The molecule has 0 atom stereocenters. The predicted octanol–water partition coefficient (Wildman–Crippen LogP) is 2.63. The first-order chi connectivity index (χ1) is 11.6. The molecule has 126 valence electrons. The van der Waals surface area contributed by atoms with Crippen molar-refractivity contribution in [2.45, 2.75) is 52.5 Å². The lowest BCUT2D eigenvalue weighted by Crippen LogP contribution is -2.10. The summed E-state index contributed by atoms with van der Waals surface area (Å²) >= 11 is 0. The van der Waals surface area contributed by atoms with Gasteiger partial charge in [-0.05, 0) is 51.7 Å². The number of fused-ring (bicyclic) bond motifs is 1. The van der Waals surface area contributed by atoms with E-state index in [4.69, 9.17) is 0 Å². The first-order valence-electron chi connectivity index (χ1n) is 8.59. The van der Waals surface area contributed by atoms with Crippen LogP contribution in [0.3, 0.4) is 0 Å². The molecular formula is C17H23N7. The molecule has 3 aromatic heterocycles. The van der Waals surface area contributed by atoms with Crippen LogP contribution in [0.2, 0.25) is 0 Å². The van der Waals surface area contributed by atoms with Crippen molar-refractivity contribution < 1.29 is 0 Å². The highest BCUT2D eigenvalue weighted by molar-refractivity contribution is 5.66. The Bertz CT molecular complexity index is 873. The summed E-state index contributed by atoms with van der Waals surface area (Å²) in [4.78, 5) is 0. The monoisotopic (exact) mass is 325 g/mol.